The van der Waals surface area contributed by atoms with Gasteiger partial charge >= 0.3 is 0 Å². The molecule has 1 aliphatic carbocycles. The maximum Gasteiger partial charge on any atom is 0.160 e. The molecule has 0 aliphatic heterocycles. The van der Waals surface area contributed by atoms with E-state index in [1.807, 2.05) is 7.05 Å². The summed E-state index contributed by atoms with van der Waals surface area (Å²) in [6.07, 6.45) is 2.92. The molecule has 1 fully saturated rings. The van der Waals surface area contributed by atoms with Gasteiger partial charge in [-0.3, -0.25) is 4.21 Å². The van der Waals surface area contributed by atoms with Crippen molar-refractivity contribution in [1.29, 1.82) is 0 Å². The second-order valence-corrected chi connectivity index (χ2v) is 6.90. The van der Waals surface area contributed by atoms with Gasteiger partial charge in [0.1, 0.15) is 0 Å². The molecule has 0 heterocycles. The van der Waals surface area contributed by atoms with Crippen LogP contribution in [0, 0.1) is 17.6 Å². The standard InChI is InChI=1S/C14H19F2NOS/c1-9-3-6-13(17-2)14(7-9)19(18)10-4-5-11(15)12(16)8-10/h4-5,8-9,13-14,17H,3,6-7H2,1-2H3. The first-order valence-electron chi connectivity index (χ1n) is 6.55. The van der Waals surface area contributed by atoms with Crippen LogP contribution in [-0.2, 0) is 10.8 Å². The van der Waals surface area contributed by atoms with Crippen molar-refractivity contribution in [2.24, 2.45) is 5.92 Å². The van der Waals surface area contributed by atoms with Gasteiger partial charge in [0, 0.05) is 10.9 Å². The molecule has 0 spiro atoms. The van der Waals surface area contributed by atoms with Gasteiger partial charge in [-0.15, -0.1) is 0 Å². The third-order valence-electron chi connectivity index (χ3n) is 3.82. The Labute approximate surface area is 115 Å². The highest BCUT2D eigenvalue weighted by atomic mass is 32.2. The van der Waals surface area contributed by atoms with Crippen LogP contribution in [0.15, 0.2) is 23.1 Å². The predicted molar refractivity (Wildman–Crippen MR) is 72.4 cm³/mol. The minimum atomic E-state index is -1.31. The number of nitrogens with one attached hydrogen (secondary N) is 1. The van der Waals surface area contributed by atoms with Crippen LogP contribution in [0.3, 0.4) is 0 Å². The summed E-state index contributed by atoms with van der Waals surface area (Å²) in [5, 5.41) is 3.15. The highest BCUT2D eigenvalue weighted by Gasteiger charge is 2.32. The highest BCUT2D eigenvalue weighted by molar-refractivity contribution is 7.85. The maximum atomic E-state index is 13.2. The molecule has 4 atom stereocenters. The first kappa shape index (κ1) is 14.6. The first-order chi connectivity index (χ1) is 9.02. The molecule has 0 amide bonds. The minimum absolute atomic E-state index is 0.0430. The van der Waals surface area contributed by atoms with Gasteiger partial charge < -0.3 is 5.32 Å². The summed E-state index contributed by atoms with van der Waals surface area (Å²) in [4.78, 5) is 0.373. The number of benzene rings is 1. The van der Waals surface area contributed by atoms with Crippen molar-refractivity contribution in [2.45, 2.75) is 42.4 Å². The van der Waals surface area contributed by atoms with Gasteiger partial charge in [-0.1, -0.05) is 6.92 Å². The molecule has 2 rings (SSSR count). The van der Waals surface area contributed by atoms with Crippen LogP contribution >= 0.6 is 0 Å². The summed E-state index contributed by atoms with van der Waals surface area (Å²) >= 11 is 0. The molecule has 1 N–H and O–H groups in total. The van der Waals surface area contributed by atoms with E-state index >= 15 is 0 Å². The Morgan fingerprint density at radius 2 is 2.00 bits per heavy atom. The molecule has 0 saturated heterocycles. The largest absolute Gasteiger partial charge is 0.316 e. The summed E-state index contributed by atoms with van der Waals surface area (Å²) < 4.78 is 38.7. The fourth-order valence-corrected chi connectivity index (χ4v) is 4.52. The summed E-state index contributed by atoms with van der Waals surface area (Å²) in [5.41, 5.74) is 0. The van der Waals surface area contributed by atoms with Crippen molar-refractivity contribution in [1.82, 2.24) is 5.32 Å². The van der Waals surface area contributed by atoms with Gasteiger partial charge in [-0.2, -0.15) is 0 Å². The van der Waals surface area contributed by atoms with Gasteiger partial charge in [0.25, 0.3) is 0 Å². The first-order valence-corrected chi connectivity index (χ1v) is 7.77. The molecule has 5 heteroatoms. The van der Waals surface area contributed by atoms with Crippen molar-refractivity contribution >= 4 is 10.8 Å². The molecule has 0 aromatic heterocycles. The predicted octanol–water partition coefficient (Wildman–Crippen LogP) is 2.85. The van der Waals surface area contributed by atoms with Crippen LogP contribution < -0.4 is 5.32 Å². The Morgan fingerprint density at radius 1 is 1.26 bits per heavy atom. The lowest BCUT2D eigenvalue weighted by molar-refractivity contribution is 0.324. The zero-order chi connectivity index (χ0) is 14.0. The quantitative estimate of drug-likeness (QED) is 0.926. The Balaban J connectivity index is 2.23. The van der Waals surface area contributed by atoms with Crippen LogP contribution in [0.4, 0.5) is 8.78 Å². The monoisotopic (exact) mass is 287 g/mol. The van der Waals surface area contributed by atoms with Gasteiger partial charge in [0.2, 0.25) is 0 Å². The minimum Gasteiger partial charge on any atom is -0.316 e. The third kappa shape index (κ3) is 3.20. The van der Waals surface area contributed by atoms with E-state index in [0.29, 0.717) is 10.8 Å². The van der Waals surface area contributed by atoms with Gasteiger partial charge in [-0.25, -0.2) is 8.78 Å². The molecular weight excluding hydrogens is 268 g/mol. The number of hydrogen-bond acceptors (Lipinski definition) is 2. The molecule has 106 valence electrons. The molecule has 1 aromatic carbocycles. The average Bonchev–Trinajstić information content (AvgIpc) is 2.41. The van der Waals surface area contributed by atoms with E-state index < -0.39 is 22.4 Å². The Morgan fingerprint density at radius 3 is 2.63 bits per heavy atom. The fourth-order valence-electron chi connectivity index (χ4n) is 2.67. The van der Waals surface area contributed by atoms with Crippen LogP contribution in [0.25, 0.3) is 0 Å². The van der Waals surface area contributed by atoms with Crippen LogP contribution in [-0.4, -0.2) is 22.5 Å². The lowest BCUT2D eigenvalue weighted by Gasteiger charge is -2.34. The number of halogens is 2. The van der Waals surface area contributed by atoms with Gasteiger partial charge in [-0.05, 0) is 50.4 Å². The van der Waals surface area contributed by atoms with Gasteiger partial charge in [0.15, 0.2) is 11.6 Å². The molecule has 1 saturated carbocycles. The van der Waals surface area contributed by atoms with Crippen LogP contribution in [0.5, 0.6) is 0 Å². The van der Waals surface area contributed by atoms with E-state index in [1.165, 1.54) is 6.07 Å². The number of rotatable bonds is 3. The SMILES string of the molecule is CNC1CCC(C)CC1S(=O)c1ccc(F)c(F)c1. The van der Waals surface area contributed by atoms with E-state index in [1.54, 1.807) is 0 Å². The Bertz CT molecular complexity index is 481. The molecule has 0 radical (unpaired) electrons. The molecule has 1 aliphatic rings. The zero-order valence-corrected chi connectivity index (χ0v) is 12.0. The summed E-state index contributed by atoms with van der Waals surface area (Å²) in [6.45, 7) is 2.14. The molecule has 0 bridgehead atoms. The molecule has 19 heavy (non-hydrogen) atoms. The highest BCUT2D eigenvalue weighted by Crippen LogP contribution is 2.30. The van der Waals surface area contributed by atoms with E-state index in [9.17, 15) is 13.0 Å². The second kappa shape index (κ2) is 6.09. The number of hydrogen-bond donors (Lipinski definition) is 1. The average molecular weight is 287 g/mol. The maximum absolute atomic E-state index is 13.2. The lowest BCUT2D eigenvalue weighted by atomic mass is 9.87. The van der Waals surface area contributed by atoms with Crippen molar-refractivity contribution in [2.75, 3.05) is 7.05 Å². The van der Waals surface area contributed by atoms with E-state index in [0.717, 1.165) is 31.4 Å². The normalized spacial score (nSPS) is 29.2. The Kier molecular flexibility index (Phi) is 4.68. The second-order valence-electron chi connectivity index (χ2n) is 5.23. The van der Waals surface area contributed by atoms with Crippen LogP contribution in [0.1, 0.15) is 26.2 Å². The Hall–Kier alpha value is -0.810. The van der Waals surface area contributed by atoms with Crippen LogP contribution in [0.2, 0.25) is 0 Å². The lowest BCUT2D eigenvalue weighted by Crippen LogP contribution is -2.44. The topological polar surface area (TPSA) is 29.1 Å². The third-order valence-corrected chi connectivity index (χ3v) is 5.61. The molecule has 2 nitrogen and oxygen atoms in total. The molecule has 4 unspecified atom stereocenters. The van der Waals surface area contributed by atoms with E-state index in [4.69, 9.17) is 0 Å². The summed E-state index contributed by atoms with van der Waals surface area (Å²) in [7, 11) is 0.549. The fraction of sp³-hybridized carbons (Fsp3) is 0.571. The summed E-state index contributed by atoms with van der Waals surface area (Å²) in [5.74, 6) is -1.32. The van der Waals surface area contributed by atoms with E-state index in [2.05, 4.69) is 12.2 Å². The summed E-state index contributed by atoms with van der Waals surface area (Å²) in [6, 6.07) is 3.69. The van der Waals surface area contributed by atoms with E-state index in [-0.39, 0.29) is 11.3 Å². The molecule has 1 aromatic rings. The smallest absolute Gasteiger partial charge is 0.160 e. The molecular formula is C14H19F2NOS. The van der Waals surface area contributed by atoms with Crippen molar-refractivity contribution in [3.05, 3.63) is 29.8 Å². The van der Waals surface area contributed by atoms with Gasteiger partial charge in [0.05, 0.1) is 16.0 Å². The van der Waals surface area contributed by atoms with Crippen molar-refractivity contribution in [3.63, 3.8) is 0 Å². The zero-order valence-electron chi connectivity index (χ0n) is 11.2. The van der Waals surface area contributed by atoms with Crippen molar-refractivity contribution in [3.8, 4) is 0 Å². The van der Waals surface area contributed by atoms with Crippen molar-refractivity contribution < 1.29 is 13.0 Å².